The molecule has 33 heavy (non-hydrogen) atoms. The number of aromatic hydroxyl groups is 3. The molecule has 172 valence electrons. The predicted molar refractivity (Wildman–Crippen MR) is 127 cm³/mol. The number of benzene rings is 2. The molecular weight excluding hydrogens is 424 g/mol. The number of hydrogen-bond acceptors (Lipinski definition) is 7. The van der Waals surface area contributed by atoms with Crippen molar-refractivity contribution in [3.63, 3.8) is 0 Å². The first-order valence-electron chi connectivity index (χ1n) is 10.3. The Kier molecular flexibility index (Phi) is 6.62. The normalized spacial score (nSPS) is 11.4. The van der Waals surface area contributed by atoms with Crippen LogP contribution in [-0.4, -0.2) is 28.2 Å². The van der Waals surface area contributed by atoms with Crippen molar-refractivity contribution in [1.29, 1.82) is 0 Å². The van der Waals surface area contributed by atoms with Gasteiger partial charge in [-0.2, -0.15) is 0 Å². The fraction of sp³-hybridized carbons (Fsp3) is 0.231. The highest BCUT2D eigenvalue weighted by atomic mass is 16.5. The molecule has 0 aliphatic heterocycles. The molecule has 3 rings (SSSR count). The Bertz CT molecular complexity index is 1340. The minimum absolute atomic E-state index is 0.0186. The summed E-state index contributed by atoms with van der Waals surface area (Å²) in [7, 11) is 1.43. The van der Waals surface area contributed by atoms with Crippen LogP contribution in [0.4, 0.5) is 0 Å². The summed E-state index contributed by atoms with van der Waals surface area (Å²) < 4.78 is 11.4. The van der Waals surface area contributed by atoms with Gasteiger partial charge in [-0.25, -0.2) is 0 Å². The number of Topliss-reactive ketones (excluding diaryl/α,β-unsaturated/α-hetero) is 1. The van der Waals surface area contributed by atoms with Crippen LogP contribution in [0, 0.1) is 5.92 Å². The highest BCUT2D eigenvalue weighted by Crippen LogP contribution is 2.40. The number of hydrogen-bond donors (Lipinski definition) is 3. The fourth-order valence-electron chi connectivity index (χ4n) is 3.38. The number of carbonyl (C=O) groups is 1. The van der Waals surface area contributed by atoms with Crippen molar-refractivity contribution in [2.75, 3.05) is 7.11 Å². The largest absolute Gasteiger partial charge is 0.508 e. The SMILES string of the molecule is C=C(C)C(=O)Cc1c(-c2ccc(O)cc2O)oc2cc(OC)c(C=CC(C)C)c(O)c2c1=O. The fourth-order valence-corrected chi connectivity index (χ4v) is 3.38. The van der Waals surface area contributed by atoms with E-state index in [1.165, 1.54) is 32.2 Å². The summed E-state index contributed by atoms with van der Waals surface area (Å²) in [5.74, 6) is -0.827. The van der Waals surface area contributed by atoms with Gasteiger partial charge in [0, 0.05) is 18.6 Å². The van der Waals surface area contributed by atoms with Crippen LogP contribution < -0.4 is 10.2 Å². The van der Waals surface area contributed by atoms with Gasteiger partial charge in [0.05, 0.1) is 23.8 Å². The molecule has 7 heteroatoms. The summed E-state index contributed by atoms with van der Waals surface area (Å²) >= 11 is 0. The molecule has 0 atom stereocenters. The van der Waals surface area contributed by atoms with Gasteiger partial charge < -0.3 is 24.5 Å². The summed E-state index contributed by atoms with van der Waals surface area (Å²) in [6.07, 6.45) is 3.17. The van der Waals surface area contributed by atoms with E-state index in [4.69, 9.17) is 9.15 Å². The average molecular weight is 450 g/mol. The number of fused-ring (bicyclic) bond motifs is 1. The zero-order valence-corrected chi connectivity index (χ0v) is 18.9. The third-order valence-corrected chi connectivity index (χ3v) is 5.16. The lowest BCUT2D eigenvalue weighted by molar-refractivity contribution is -0.114. The molecule has 1 heterocycles. The second kappa shape index (κ2) is 9.24. The molecule has 1 aromatic heterocycles. The van der Waals surface area contributed by atoms with E-state index < -0.39 is 11.2 Å². The van der Waals surface area contributed by atoms with Crippen molar-refractivity contribution in [2.45, 2.75) is 27.2 Å². The minimum Gasteiger partial charge on any atom is -0.508 e. The quantitative estimate of drug-likeness (QED) is 0.436. The first-order valence-corrected chi connectivity index (χ1v) is 10.3. The number of rotatable bonds is 7. The molecule has 0 radical (unpaired) electrons. The molecule has 0 aliphatic rings. The third kappa shape index (κ3) is 4.62. The number of phenols is 3. The molecule has 0 fully saturated rings. The summed E-state index contributed by atoms with van der Waals surface area (Å²) in [5, 5.41) is 30.9. The highest BCUT2D eigenvalue weighted by Gasteiger charge is 2.25. The molecule has 7 nitrogen and oxygen atoms in total. The third-order valence-electron chi connectivity index (χ3n) is 5.16. The van der Waals surface area contributed by atoms with Crippen molar-refractivity contribution in [3.05, 3.63) is 63.8 Å². The number of ketones is 1. The molecule has 2 aromatic carbocycles. The maximum absolute atomic E-state index is 13.6. The predicted octanol–water partition coefficient (Wildman–Crippen LogP) is 4.94. The van der Waals surface area contributed by atoms with Crippen LogP contribution in [0.25, 0.3) is 28.4 Å². The van der Waals surface area contributed by atoms with Crippen LogP contribution in [0.3, 0.4) is 0 Å². The van der Waals surface area contributed by atoms with Crippen molar-refractivity contribution in [2.24, 2.45) is 5.92 Å². The van der Waals surface area contributed by atoms with E-state index in [1.54, 1.807) is 6.08 Å². The van der Waals surface area contributed by atoms with E-state index in [1.807, 2.05) is 19.9 Å². The second-order valence-electron chi connectivity index (χ2n) is 8.14. The zero-order valence-electron chi connectivity index (χ0n) is 18.9. The Balaban J connectivity index is 2.43. The Morgan fingerprint density at radius 1 is 1.21 bits per heavy atom. The van der Waals surface area contributed by atoms with Gasteiger partial charge in [0.25, 0.3) is 0 Å². The summed E-state index contributed by atoms with van der Waals surface area (Å²) in [6.45, 7) is 9.09. The molecule has 0 saturated heterocycles. The van der Waals surface area contributed by atoms with Crippen LogP contribution in [0.2, 0.25) is 0 Å². The molecule has 0 saturated carbocycles. The molecule has 3 aromatic rings. The van der Waals surface area contributed by atoms with Crippen molar-refractivity contribution in [1.82, 2.24) is 0 Å². The van der Waals surface area contributed by atoms with Crippen LogP contribution in [0.15, 0.2) is 51.7 Å². The van der Waals surface area contributed by atoms with Crippen molar-refractivity contribution < 1.29 is 29.3 Å². The Labute approximate surface area is 190 Å². The number of ether oxygens (including phenoxy) is 1. The summed E-state index contributed by atoms with van der Waals surface area (Å²) in [5.41, 5.74) is 0.0188. The standard InChI is InChI=1S/C26H26O7/c1-13(2)6-8-17-21(32-5)12-22-23(24(17)30)25(31)18(11-19(28)14(3)4)26(33-22)16-9-7-15(27)10-20(16)29/h6-10,12-13,27,29-30H,3,11H2,1-2,4-5H3. The number of carbonyl (C=O) groups excluding carboxylic acids is 1. The van der Waals surface area contributed by atoms with Crippen molar-refractivity contribution >= 4 is 22.8 Å². The topological polar surface area (TPSA) is 117 Å². The Morgan fingerprint density at radius 3 is 2.48 bits per heavy atom. The molecule has 0 spiro atoms. The molecule has 0 bridgehead atoms. The first kappa shape index (κ1) is 23.7. The lowest BCUT2D eigenvalue weighted by Crippen LogP contribution is -2.16. The minimum atomic E-state index is -0.618. The maximum atomic E-state index is 13.6. The molecule has 3 N–H and O–H groups in total. The van der Waals surface area contributed by atoms with Gasteiger partial charge in [-0.05, 0) is 30.5 Å². The summed E-state index contributed by atoms with van der Waals surface area (Å²) in [4.78, 5) is 26.0. The van der Waals surface area contributed by atoms with Gasteiger partial charge in [-0.3, -0.25) is 9.59 Å². The van der Waals surface area contributed by atoms with E-state index in [9.17, 15) is 24.9 Å². The monoisotopic (exact) mass is 450 g/mol. The van der Waals surface area contributed by atoms with Crippen molar-refractivity contribution in [3.8, 4) is 34.3 Å². The lowest BCUT2D eigenvalue weighted by Gasteiger charge is -2.15. The van der Waals surface area contributed by atoms with E-state index in [-0.39, 0.29) is 68.8 Å². The van der Waals surface area contributed by atoms with Crippen LogP contribution in [-0.2, 0) is 11.2 Å². The highest BCUT2D eigenvalue weighted by molar-refractivity contribution is 5.98. The molecular formula is C26H26O7. The Hall–Kier alpha value is -4.00. The van der Waals surface area contributed by atoms with Gasteiger partial charge in [-0.1, -0.05) is 32.6 Å². The second-order valence-corrected chi connectivity index (χ2v) is 8.14. The van der Waals surface area contributed by atoms with Crippen LogP contribution >= 0.6 is 0 Å². The molecule has 0 aliphatic carbocycles. The van der Waals surface area contributed by atoms with Gasteiger partial charge in [0.1, 0.15) is 39.7 Å². The van der Waals surface area contributed by atoms with Gasteiger partial charge in [0.2, 0.25) is 5.43 Å². The number of phenolic OH excluding ortho intramolecular Hbond substituents is 3. The van der Waals surface area contributed by atoms with E-state index >= 15 is 0 Å². The van der Waals surface area contributed by atoms with E-state index in [2.05, 4.69) is 6.58 Å². The molecule has 0 unspecified atom stereocenters. The Morgan fingerprint density at radius 2 is 1.91 bits per heavy atom. The maximum Gasteiger partial charge on any atom is 0.200 e. The van der Waals surface area contributed by atoms with E-state index in [0.29, 0.717) is 5.56 Å². The van der Waals surface area contributed by atoms with E-state index in [0.717, 1.165) is 6.07 Å². The molecule has 0 amide bonds. The smallest absolute Gasteiger partial charge is 0.200 e. The average Bonchev–Trinajstić information content (AvgIpc) is 2.74. The zero-order chi connectivity index (χ0) is 24.4. The van der Waals surface area contributed by atoms with Gasteiger partial charge in [-0.15, -0.1) is 0 Å². The number of methoxy groups -OCH3 is 1. The first-order chi connectivity index (χ1) is 15.5. The number of allylic oxidation sites excluding steroid dienone is 2. The van der Waals surface area contributed by atoms with Gasteiger partial charge in [0.15, 0.2) is 5.78 Å². The van der Waals surface area contributed by atoms with Gasteiger partial charge >= 0.3 is 0 Å². The lowest BCUT2D eigenvalue weighted by atomic mass is 9.96. The van der Waals surface area contributed by atoms with Crippen LogP contribution in [0.5, 0.6) is 23.0 Å². The summed E-state index contributed by atoms with van der Waals surface area (Å²) in [6, 6.07) is 5.27. The van der Waals surface area contributed by atoms with Crippen LogP contribution in [0.1, 0.15) is 31.9 Å².